The van der Waals surface area contributed by atoms with E-state index in [0.717, 1.165) is 29.9 Å². The maximum absolute atomic E-state index is 13.6. The van der Waals surface area contributed by atoms with Crippen LogP contribution in [0.5, 0.6) is 5.88 Å². The number of carbonyl (C=O) groups is 1. The van der Waals surface area contributed by atoms with Gasteiger partial charge >= 0.3 is 6.18 Å². The van der Waals surface area contributed by atoms with Crippen LogP contribution in [0.3, 0.4) is 0 Å². The Balaban J connectivity index is 1.59. The Morgan fingerprint density at radius 3 is 2.53 bits per heavy atom. The topological polar surface area (TPSA) is 103 Å². The molecule has 38 heavy (non-hydrogen) atoms. The lowest BCUT2D eigenvalue weighted by Crippen LogP contribution is -2.44. The van der Waals surface area contributed by atoms with Gasteiger partial charge in [-0.3, -0.25) is 9.69 Å². The molecule has 2 aliphatic rings. The van der Waals surface area contributed by atoms with Crippen molar-refractivity contribution in [3.8, 4) is 11.9 Å². The largest absolute Gasteiger partial charge is 0.475 e. The minimum Gasteiger partial charge on any atom is -0.475 e. The molecule has 1 saturated heterocycles. The molecule has 0 bridgehead atoms. The lowest BCUT2D eigenvalue weighted by atomic mass is 10.0. The minimum atomic E-state index is -4.79. The van der Waals surface area contributed by atoms with Gasteiger partial charge in [0.05, 0.1) is 40.4 Å². The monoisotopic (exact) mass is 541 g/mol. The number of aromatic nitrogens is 2. The van der Waals surface area contributed by atoms with E-state index < -0.39 is 28.7 Å². The van der Waals surface area contributed by atoms with Crippen molar-refractivity contribution < 1.29 is 27.8 Å². The molecule has 5 rings (SSSR count). The number of amides is 1. The Morgan fingerprint density at radius 2 is 1.89 bits per heavy atom. The number of halogens is 3. The molecule has 1 aliphatic heterocycles. The van der Waals surface area contributed by atoms with Crippen molar-refractivity contribution in [2.75, 3.05) is 23.0 Å². The molecule has 1 N–H and O–H groups in total. The fourth-order valence-electron chi connectivity index (χ4n) is 4.48. The number of carbonyl (C=O) groups excluding carboxylic acids is 1. The van der Waals surface area contributed by atoms with E-state index in [1.165, 1.54) is 12.1 Å². The third-order valence-electron chi connectivity index (χ3n) is 6.55. The third kappa shape index (κ3) is 4.31. The number of benzene rings is 2. The predicted octanol–water partition coefficient (Wildman–Crippen LogP) is 4.69. The first kappa shape index (κ1) is 25.8. The number of nitrogens with zero attached hydrogens (tertiary/aromatic N) is 5. The molecule has 2 aromatic carbocycles. The summed E-state index contributed by atoms with van der Waals surface area (Å²) in [6.45, 7) is 3.06. The fraction of sp³-hybridized carbons (Fsp3) is 0.346. The van der Waals surface area contributed by atoms with Gasteiger partial charge in [-0.05, 0) is 75.3 Å². The maximum atomic E-state index is 13.6. The normalized spacial score (nSPS) is 17.3. The fourth-order valence-corrected chi connectivity index (χ4v) is 5.00. The molecule has 0 spiro atoms. The number of ether oxygens (including phenoxy) is 1. The molecular formula is C26H22F3N5O3S. The van der Waals surface area contributed by atoms with Crippen LogP contribution in [0.2, 0.25) is 0 Å². The van der Waals surface area contributed by atoms with E-state index in [4.69, 9.17) is 22.2 Å². The number of hydrogen-bond donors (Lipinski definition) is 1. The van der Waals surface area contributed by atoms with E-state index in [2.05, 4.69) is 9.97 Å². The molecule has 8 nitrogen and oxygen atoms in total. The Morgan fingerprint density at radius 1 is 1.18 bits per heavy atom. The summed E-state index contributed by atoms with van der Waals surface area (Å²) in [5.41, 5.74) is -1.93. The van der Waals surface area contributed by atoms with Crippen molar-refractivity contribution in [3.05, 3.63) is 53.3 Å². The van der Waals surface area contributed by atoms with E-state index in [9.17, 15) is 23.1 Å². The number of rotatable bonds is 6. The van der Waals surface area contributed by atoms with Gasteiger partial charge in [0.15, 0.2) is 5.11 Å². The zero-order valence-electron chi connectivity index (χ0n) is 20.4. The Hall–Kier alpha value is -3.82. The summed E-state index contributed by atoms with van der Waals surface area (Å²) in [6.07, 6.45) is -2.81. The van der Waals surface area contributed by atoms with Crippen LogP contribution in [0.15, 0.2) is 36.4 Å². The average molecular weight is 542 g/mol. The smallest absolute Gasteiger partial charge is 0.417 e. The zero-order chi connectivity index (χ0) is 27.4. The van der Waals surface area contributed by atoms with Crippen LogP contribution in [0.1, 0.15) is 49.6 Å². The van der Waals surface area contributed by atoms with Crippen molar-refractivity contribution in [2.24, 2.45) is 0 Å². The molecule has 0 atom stereocenters. The summed E-state index contributed by atoms with van der Waals surface area (Å²) in [5.74, 6) is 0.692. The van der Waals surface area contributed by atoms with Gasteiger partial charge in [0.2, 0.25) is 5.88 Å². The van der Waals surface area contributed by atoms with E-state index >= 15 is 0 Å². The number of anilines is 2. The first-order chi connectivity index (χ1) is 18.0. The summed E-state index contributed by atoms with van der Waals surface area (Å²) in [7, 11) is 0. The SMILES string of the molecule is CC1(C)C(=O)N(c2ccc(C#N)c(C(F)(F)F)c2)C(=S)N1c1ccc2nc(C3CC3)nc(OCCO)c2c1. The summed E-state index contributed by atoms with van der Waals surface area (Å²) >= 11 is 5.63. The number of nitriles is 1. The standard InChI is InChI=1S/C26H22F3N5O3S/c1-25(2)23(36)33(16-6-5-15(13-30)19(12-16)26(27,28)29)24(38)34(25)17-7-8-20-18(11-17)22(37-10-9-35)32-21(31-20)14-3-4-14/h5-8,11-12,14,35H,3-4,9-10H2,1-2H3. The molecule has 1 saturated carbocycles. The molecular weight excluding hydrogens is 519 g/mol. The summed E-state index contributed by atoms with van der Waals surface area (Å²) < 4.78 is 46.5. The van der Waals surface area contributed by atoms with Crippen LogP contribution in [0, 0.1) is 11.3 Å². The molecule has 1 aliphatic carbocycles. The third-order valence-corrected chi connectivity index (χ3v) is 6.91. The highest BCUT2D eigenvalue weighted by molar-refractivity contribution is 7.81. The Kier molecular flexibility index (Phi) is 6.24. The van der Waals surface area contributed by atoms with Gasteiger partial charge < -0.3 is 14.7 Å². The maximum Gasteiger partial charge on any atom is 0.417 e. The minimum absolute atomic E-state index is 0.0227. The Labute approximate surface area is 221 Å². The molecule has 1 amide bonds. The van der Waals surface area contributed by atoms with Gasteiger partial charge in [0.1, 0.15) is 18.0 Å². The number of thiocarbonyl (C=S) groups is 1. The summed E-state index contributed by atoms with van der Waals surface area (Å²) in [6, 6.07) is 9.79. The molecule has 12 heteroatoms. The van der Waals surface area contributed by atoms with Gasteiger partial charge in [-0.2, -0.15) is 23.4 Å². The van der Waals surface area contributed by atoms with Gasteiger partial charge in [0.25, 0.3) is 5.91 Å². The number of alkyl halides is 3. The van der Waals surface area contributed by atoms with Gasteiger partial charge in [-0.1, -0.05) is 0 Å². The number of hydrogen-bond acceptors (Lipinski definition) is 7. The van der Waals surface area contributed by atoms with Crippen molar-refractivity contribution >= 4 is 45.5 Å². The van der Waals surface area contributed by atoms with Gasteiger partial charge in [-0.15, -0.1) is 0 Å². The molecule has 0 unspecified atom stereocenters. The molecule has 2 fully saturated rings. The second-order valence-electron chi connectivity index (χ2n) is 9.59. The molecule has 3 aromatic rings. The van der Waals surface area contributed by atoms with Crippen LogP contribution >= 0.6 is 12.2 Å². The van der Waals surface area contributed by atoms with Crippen molar-refractivity contribution in [1.29, 1.82) is 5.26 Å². The molecule has 196 valence electrons. The van der Waals surface area contributed by atoms with Crippen molar-refractivity contribution in [1.82, 2.24) is 9.97 Å². The number of aliphatic hydroxyl groups excluding tert-OH is 1. The van der Waals surface area contributed by atoms with Crippen LogP contribution in [0.25, 0.3) is 10.9 Å². The van der Waals surface area contributed by atoms with Crippen LogP contribution in [-0.4, -0.2) is 44.8 Å². The summed E-state index contributed by atoms with van der Waals surface area (Å²) in [5, 5.41) is 18.9. The van der Waals surface area contributed by atoms with Crippen LogP contribution in [0.4, 0.5) is 24.5 Å². The van der Waals surface area contributed by atoms with E-state index in [-0.39, 0.29) is 29.9 Å². The van der Waals surface area contributed by atoms with Crippen LogP contribution < -0.4 is 14.5 Å². The first-order valence-electron chi connectivity index (χ1n) is 11.8. The summed E-state index contributed by atoms with van der Waals surface area (Å²) in [4.78, 5) is 25.3. The quantitative estimate of drug-likeness (QED) is 0.449. The van der Waals surface area contributed by atoms with Crippen molar-refractivity contribution in [3.63, 3.8) is 0 Å². The lowest BCUT2D eigenvalue weighted by molar-refractivity contribution is -0.137. The average Bonchev–Trinajstić information content (AvgIpc) is 3.70. The highest BCUT2D eigenvalue weighted by Crippen LogP contribution is 2.42. The molecule has 2 heterocycles. The second kappa shape index (κ2) is 9.18. The van der Waals surface area contributed by atoms with E-state index in [0.29, 0.717) is 28.3 Å². The van der Waals surface area contributed by atoms with Gasteiger partial charge in [0, 0.05) is 11.6 Å². The highest BCUT2D eigenvalue weighted by atomic mass is 32.1. The van der Waals surface area contributed by atoms with E-state index in [1.54, 1.807) is 36.9 Å². The van der Waals surface area contributed by atoms with Crippen molar-refractivity contribution in [2.45, 2.75) is 44.3 Å². The Bertz CT molecular complexity index is 1510. The zero-order valence-corrected chi connectivity index (χ0v) is 21.2. The van der Waals surface area contributed by atoms with Gasteiger partial charge in [-0.25, -0.2) is 4.98 Å². The van der Waals surface area contributed by atoms with E-state index in [1.807, 2.05) is 0 Å². The highest BCUT2D eigenvalue weighted by Gasteiger charge is 2.51. The number of aliphatic hydroxyl groups is 1. The lowest BCUT2D eigenvalue weighted by Gasteiger charge is -2.29. The second-order valence-corrected chi connectivity index (χ2v) is 9.96. The number of fused-ring (bicyclic) bond motifs is 1. The molecule has 1 aromatic heterocycles. The van der Waals surface area contributed by atoms with Crippen LogP contribution in [-0.2, 0) is 11.0 Å². The first-order valence-corrected chi connectivity index (χ1v) is 12.2. The molecule has 0 radical (unpaired) electrons. The predicted molar refractivity (Wildman–Crippen MR) is 137 cm³/mol.